The highest BCUT2D eigenvalue weighted by Gasteiger charge is 2.17. The lowest BCUT2D eigenvalue weighted by atomic mass is 10.1. The molecule has 0 saturated heterocycles. The number of fused-ring (bicyclic) bond motifs is 2. The first-order chi connectivity index (χ1) is 12.6. The van der Waals surface area contributed by atoms with Crippen molar-refractivity contribution >= 4 is 44.2 Å². The molecule has 0 radical (unpaired) electrons. The van der Waals surface area contributed by atoms with Gasteiger partial charge in [-0.1, -0.05) is 35.1 Å². The van der Waals surface area contributed by atoms with Crippen molar-refractivity contribution in [2.45, 2.75) is 19.8 Å². The van der Waals surface area contributed by atoms with Crippen molar-refractivity contribution < 1.29 is 14.3 Å². The van der Waals surface area contributed by atoms with E-state index in [1.165, 1.54) is 11.3 Å². The first-order valence-electron chi connectivity index (χ1n) is 8.34. The molecule has 1 aliphatic rings. The van der Waals surface area contributed by atoms with Crippen LogP contribution >= 0.6 is 22.9 Å². The highest BCUT2D eigenvalue weighted by molar-refractivity contribution is 7.22. The van der Waals surface area contributed by atoms with Crippen LogP contribution in [0.25, 0.3) is 10.2 Å². The minimum absolute atomic E-state index is 0.146. The summed E-state index contributed by atoms with van der Waals surface area (Å²) in [5.74, 6) is 0.996. The molecule has 1 aromatic heterocycles. The van der Waals surface area contributed by atoms with Crippen LogP contribution in [0, 0.1) is 6.92 Å². The van der Waals surface area contributed by atoms with Gasteiger partial charge in [0.2, 0.25) is 5.91 Å². The summed E-state index contributed by atoms with van der Waals surface area (Å²) in [6.45, 7) is 3.15. The Bertz CT molecular complexity index is 986. The van der Waals surface area contributed by atoms with Crippen molar-refractivity contribution in [1.29, 1.82) is 0 Å². The lowest BCUT2D eigenvalue weighted by molar-refractivity contribution is -0.115. The van der Waals surface area contributed by atoms with E-state index in [4.69, 9.17) is 21.1 Å². The van der Waals surface area contributed by atoms with E-state index in [0.29, 0.717) is 34.9 Å². The maximum atomic E-state index is 12.4. The van der Waals surface area contributed by atoms with E-state index >= 15 is 0 Å². The van der Waals surface area contributed by atoms with Gasteiger partial charge in [-0.05, 0) is 36.2 Å². The molecule has 4 rings (SSSR count). The van der Waals surface area contributed by atoms with E-state index in [2.05, 4.69) is 10.3 Å². The average molecular weight is 389 g/mol. The summed E-state index contributed by atoms with van der Waals surface area (Å²) in [6, 6.07) is 9.56. The normalized spacial score (nSPS) is 13.5. The number of nitrogens with zero attached hydrogens (tertiary/aromatic N) is 1. The second-order valence-electron chi connectivity index (χ2n) is 6.12. The van der Waals surface area contributed by atoms with Gasteiger partial charge in [0.1, 0.15) is 0 Å². The van der Waals surface area contributed by atoms with Gasteiger partial charge >= 0.3 is 0 Å². The quantitative estimate of drug-likeness (QED) is 0.712. The molecule has 1 amide bonds. The molecule has 1 aliphatic heterocycles. The Hall–Kier alpha value is -2.31. The zero-order chi connectivity index (χ0) is 18.1. The summed E-state index contributed by atoms with van der Waals surface area (Å²) in [4.78, 5) is 16.9. The molecule has 2 aromatic carbocycles. The molecule has 0 spiro atoms. The maximum absolute atomic E-state index is 12.4. The topological polar surface area (TPSA) is 60.5 Å². The Morgan fingerprint density at radius 2 is 2.15 bits per heavy atom. The molecule has 0 bridgehead atoms. The lowest BCUT2D eigenvalue weighted by Crippen LogP contribution is -2.14. The van der Waals surface area contributed by atoms with Crippen LogP contribution in [-0.4, -0.2) is 24.1 Å². The molecular formula is C19H17ClN2O3S. The van der Waals surface area contributed by atoms with Gasteiger partial charge in [-0.2, -0.15) is 0 Å². The molecule has 5 nitrogen and oxygen atoms in total. The highest BCUT2D eigenvalue weighted by Crippen LogP contribution is 2.38. The van der Waals surface area contributed by atoms with Crippen molar-refractivity contribution in [3.05, 3.63) is 46.5 Å². The number of para-hydroxylation sites is 1. The van der Waals surface area contributed by atoms with Gasteiger partial charge in [0.05, 0.1) is 34.9 Å². The molecule has 1 N–H and O–H groups in total. The number of aromatic nitrogens is 1. The number of amides is 1. The van der Waals surface area contributed by atoms with Gasteiger partial charge < -0.3 is 14.8 Å². The number of aryl methyl sites for hydroxylation is 1. The first kappa shape index (κ1) is 17.1. The van der Waals surface area contributed by atoms with Crippen LogP contribution in [0.5, 0.6) is 11.5 Å². The van der Waals surface area contributed by atoms with E-state index in [1.54, 1.807) is 6.07 Å². The number of carbonyl (C=O) groups excluding carboxylic acids is 1. The summed E-state index contributed by atoms with van der Waals surface area (Å²) in [7, 11) is 0. The Balaban J connectivity index is 1.51. The number of halogens is 1. The van der Waals surface area contributed by atoms with Crippen molar-refractivity contribution in [3.8, 4) is 11.5 Å². The third kappa shape index (κ3) is 3.48. The van der Waals surface area contributed by atoms with E-state index < -0.39 is 0 Å². The van der Waals surface area contributed by atoms with Crippen molar-refractivity contribution in [2.24, 2.45) is 0 Å². The predicted octanol–water partition coefficient (Wildman–Crippen LogP) is 4.60. The molecule has 0 unspecified atom stereocenters. The Kier molecular flexibility index (Phi) is 4.70. The molecule has 26 heavy (non-hydrogen) atoms. The lowest BCUT2D eigenvalue weighted by Gasteiger charge is -2.11. The SMILES string of the molecule is Cc1cccc2sc(NC(=O)Cc3cc(Cl)c4c(c3)OCCCO4)nc12. The van der Waals surface area contributed by atoms with E-state index in [1.807, 2.05) is 31.2 Å². The number of thiazole rings is 1. The summed E-state index contributed by atoms with van der Waals surface area (Å²) < 4.78 is 12.3. The van der Waals surface area contributed by atoms with E-state index in [-0.39, 0.29) is 12.3 Å². The van der Waals surface area contributed by atoms with Crippen LogP contribution < -0.4 is 14.8 Å². The number of rotatable bonds is 3. The highest BCUT2D eigenvalue weighted by atomic mass is 35.5. The Morgan fingerprint density at radius 3 is 3.00 bits per heavy atom. The number of carbonyl (C=O) groups is 1. The third-order valence-corrected chi connectivity index (χ3v) is 5.31. The summed E-state index contributed by atoms with van der Waals surface area (Å²) in [6.07, 6.45) is 0.989. The monoisotopic (exact) mass is 388 g/mol. The molecule has 3 aromatic rings. The van der Waals surface area contributed by atoms with Gasteiger partial charge in [-0.25, -0.2) is 4.98 Å². The van der Waals surface area contributed by atoms with E-state index in [9.17, 15) is 4.79 Å². The second-order valence-corrected chi connectivity index (χ2v) is 7.56. The van der Waals surface area contributed by atoms with Crippen LogP contribution in [0.3, 0.4) is 0 Å². The van der Waals surface area contributed by atoms with Crippen LogP contribution in [0.15, 0.2) is 30.3 Å². The summed E-state index contributed by atoms with van der Waals surface area (Å²) in [5, 5.41) is 3.93. The third-order valence-electron chi connectivity index (χ3n) is 4.09. The zero-order valence-corrected chi connectivity index (χ0v) is 15.7. The summed E-state index contributed by atoms with van der Waals surface area (Å²) in [5.41, 5.74) is 2.79. The van der Waals surface area contributed by atoms with Crippen molar-refractivity contribution in [2.75, 3.05) is 18.5 Å². The van der Waals surface area contributed by atoms with Crippen LogP contribution in [-0.2, 0) is 11.2 Å². The van der Waals surface area contributed by atoms with Gasteiger partial charge in [-0.15, -0.1) is 0 Å². The molecule has 0 fully saturated rings. The largest absolute Gasteiger partial charge is 0.489 e. The van der Waals surface area contributed by atoms with Gasteiger partial charge in [0, 0.05) is 6.42 Å². The number of nitrogens with one attached hydrogen (secondary N) is 1. The van der Waals surface area contributed by atoms with Crippen molar-refractivity contribution in [1.82, 2.24) is 4.98 Å². The molecule has 7 heteroatoms. The number of benzene rings is 2. The smallest absolute Gasteiger partial charge is 0.230 e. The van der Waals surface area contributed by atoms with Gasteiger partial charge in [0.15, 0.2) is 16.6 Å². The fourth-order valence-corrected chi connectivity index (χ4v) is 4.12. The van der Waals surface area contributed by atoms with Gasteiger partial charge in [0.25, 0.3) is 0 Å². The fraction of sp³-hybridized carbons (Fsp3) is 0.263. The predicted molar refractivity (Wildman–Crippen MR) is 104 cm³/mol. The minimum Gasteiger partial charge on any atom is -0.489 e. The Morgan fingerprint density at radius 1 is 1.31 bits per heavy atom. The number of anilines is 1. The van der Waals surface area contributed by atoms with Crippen LogP contribution in [0.4, 0.5) is 5.13 Å². The Labute approximate surface area is 159 Å². The standard InChI is InChI=1S/C19H17ClN2O3S/c1-11-4-2-5-15-17(11)22-19(26-15)21-16(23)10-12-8-13(20)18-14(9-12)24-6-3-7-25-18/h2,4-5,8-9H,3,6-7,10H2,1H3,(H,21,22,23). The molecule has 0 aliphatic carbocycles. The molecular weight excluding hydrogens is 372 g/mol. The fourth-order valence-electron chi connectivity index (χ4n) is 2.87. The summed E-state index contributed by atoms with van der Waals surface area (Å²) >= 11 is 7.75. The zero-order valence-electron chi connectivity index (χ0n) is 14.2. The maximum Gasteiger partial charge on any atom is 0.230 e. The first-order valence-corrected chi connectivity index (χ1v) is 9.53. The molecule has 134 valence electrons. The minimum atomic E-state index is -0.146. The van der Waals surface area contributed by atoms with Crippen LogP contribution in [0.2, 0.25) is 5.02 Å². The number of ether oxygens (including phenoxy) is 2. The number of hydrogen-bond donors (Lipinski definition) is 1. The molecule has 2 heterocycles. The second kappa shape index (κ2) is 7.13. The van der Waals surface area contributed by atoms with E-state index in [0.717, 1.165) is 27.8 Å². The molecule has 0 atom stereocenters. The van der Waals surface area contributed by atoms with Crippen molar-refractivity contribution in [3.63, 3.8) is 0 Å². The average Bonchev–Trinajstić information content (AvgIpc) is 2.84. The van der Waals surface area contributed by atoms with Gasteiger partial charge in [-0.3, -0.25) is 4.79 Å². The number of hydrogen-bond acceptors (Lipinski definition) is 5. The molecule has 0 saturated carbocycles. The van der Waals surface area contributed by atoms with Crippen LogP contribution in [0.1, 0.15) is 17.5 Å².